The minimum atomic E-state index is 0.771. The quantitative estimate of drug-likeness (QED) is 0.551. The van der Waals surface area contributed by atoms with Gasteiger partial charge in [-0.2, -0.15) is 15.4 Å². The Hall–Kier alpha value is -2.69. The zero-order chi connectivity index (χ0) is 11.9. The van der Waals surface area contributed by atoms with Crippen molar-refractivity contribution in [2.75, 3.05) is 0 Å². The van der Waals surface area contributed by atoms with Gasteiger partial charge in [0, 0.05) is 11.1 Å². The van der Waals surface area contributed by atoms with Crippen LogP contribution in [0.2, 0.25) is 0 Å². The Bertz CT molecular complexity index is 774. The van der Waals surface area contributed by atoms with Gasteiger partial charge in [-0.15, -0.1) is 0 Å². The molecule has 0 saturated heterocycles. The number of aromatic amines is 1. The molecule has 0 aliphatic rings. The van der Waals surface area contributed by atoms with E-state index in [1.165, 1.54) is 6.39 Å². The van der Waals surface area contributed by atoms with Gasteiger partial charge >= 0.3 is 0 Å². The number of hydrogen-bond donors (Lipinski definition) is 1. The van der Waals surface area contributed by atoms with Gasteiger partial charge in [0.2, 0.25) is 0 Å². The Morgan fingerprint density at radius 1 is 0.889 bits per heavy atom. The molecule has 2 heterocycles. The number of benzene rings is 2. The number of fused-ring (bicyclic) bond motifs is 2. The third kappa shape index (κ3) is 1.18. The number of rotatable bonds is 1. The molecule has 0 aliphatic heterocycles. The maximum atomic E-state index is 5.32. The van der Waals surface area contributed by atoms with Crippen molar-refractivity contribution in [1.82, 2.24) is 20.4 Å². The average Bonchev–Trinajstić information content (AvgIpc) is 3.06. The molecule has 0 radical (unpaired) electrons. The highest BCUT2D eigenvalue weighted by Crippen LogP contribution is 2.31. The lowest BCUT2D eigenvalue weighted by Gasteiger charge is -2.02. The fourth-order valence-electron chi connectivity index (χ4n) is 2.19. The van der Waals surface area contributed by atoms with E-state index in [2.05, 4.69) is 20.4 Å². The number of hydrogen-bond acceptors (Lipinski definition) is 4. The summed E-state index contributed by atoms with van der Waals surface area (Å²) in [5.41, 5.74) is 5.29. The van der Waals surface area contributed by atoms with Crippen LogP contribution >= 0.6 is 0 Å². The molecule has 0 fully saturated rings. The van der Waals surface area contributed by atoms with E-state index < -0.39 is 0 Å². The highest BCUT2D eigenvalue weighted by atomic mass is 16.3. The van der Waals surface area contributed by atoms with E-state index >= 15 is 0 Å². The minimum Gasteiger partial charge on any atom is -0.443 e. The molecule has 4 aromatic rings. The molecule has 2 aromatic heterocycles. The Morgan fingerprint density at radius 2 is 1.72 bits per heavy atom. The fourth-order valence-corrected chi connectivity index (χ4v) is 2.19. The number of para-hydroxylation sites is 2. The molecule has 0 saturated carbocycles. The maximum absolute atomic E-state index is 5.32. The summed E-state index contributed by atoms with van der Waals surface area (Å²) in [6.45, 7) is 0. The van der Waals surface area contributed by atoms with E-state index in [1.807, 2.05) is 36.4 Å². The summed E-state index contributed by atoms with van der Waals surface area (Å²) in [6.07, 6.45) is 1.46. The van der Waals surface area contributed by atoms with Crippen LogP contribution in [0.15, 0.2) is 47.2 Å². The summed E-state index contributed by atoms with van der Waals surface area (Å²) in [5.74, 6) is 0. The molecular formula is C13H8N4O. The number of nitrogens with one attached hydrogen (secondary N) is 1. The van der Waals surface area contributed by atoms with Gasteiger partial charge in [-0.3, -0.25) is 0 Å². The summed E-state index contributed by atoms with van der Waals surface area (Å²) >= 11 is 0. The van der Waals surface area contributed by atoms with E-state index in [9.17, 15) is 0 Å². The molecule has 5 nitrogen and oxygen atoms in total. The first-order valence-corrected chi connectivity index (χ1v) is 5.55. The Labute approximate surface area is 101 Å². The average molecular weight is 236 g/mol. The van der Waals surface area contributed by atoms with Crippen LogP contribution in [0.5, 0.6) is 0 Å². The van der Waals surface area contributed by atoms with Crippen molar-refractivity contribution < 1.29 is 4.42 Å². The topological polar surface area (TPSA) is 67.6 Å². The molecule has 4 rings (SSSR count). The lowest BCUT2D eigenvalue weighted by molar-refractivity contribution is 0.602. The highest BCUT2D eigenvalue weighted by Gasteiger charge is 2.11. The van der Waals surface area contributed by atoms with Gasteiger partial charge < -0.3 is 4.42 Å². The van der Waals surface area contributed by atoms with Crippen LogP contribution in [-0.2, 0) is 0 Å². The van der Waals surface area contributed by atoms with Crippen molar-refractivity contribution in [2.24, 2.45) is 0 Å². The maximum Gasteiger partial charge on any atom is 0.182 e. The monoisotopic (exact) mass is 236 g/mol. The van der Waals surface area contributed by atoms with Crippen molar-refractivity contribution in [3.05, 3.63) is 42.8 Å². The molecule has 1 N–H and O–H groups in total. The Kier molecular flexibility index (Phi) is 1.77. The zero-order valence-corrected chi connectivity index (χ0v) is 9.29. The second-order valence-electron chi connectivity index (χ2n) is 4.00. The molecule has 0 atom stereocenters. The van der Waals surface area contributed by atoms with Crippen molar-refractivity contribution in [3.8, 4) is 11.1 Å². The van der Waals surface area contributed by atoms with E-state index in [-0.39, 0.29) is 0 Å². The first kappa shape index (κ1) is 9.35. The zero-order valence-electron chi connectivity index (χ0n) is 9.29. The van der Waals surface area contributed by atoms with Crippen molar-refractivity contribution in [3.63, 3.8) is 0 Å². The van der Waals surface area contributed by atoms with Gasteiger partial charge in [0.1, 0.15) is 16.6 Å². The summed E-state index contributed by atoms with van der Waals surface area (Å²) in [6, 6.07) is 11.7. The van der Waals surface area contributed by atoms with Crippen LogP contribution in [0.4, 0.5) is 0 Å². The number of H-pyrrole nitrogens is 1. The second kappa shape index (κ2) is 3.40. The molecule has 18 heavy (non-hydrogen) atoms. The molecule has 0 bridgehead atoms. The first-order valence-electron chi connectivity index (χ1n) is 5.55. The number of nitrogens with zero attached hydrogens (tertiary/aromatic N) is 3. The van der Waals surface area contributed by atoms with Crippen LogP contribution in [0.25, 0.3) is 33.3 Å². The van der Waals surface area contributed by atoms with Gasteiger partial charge in [0.25, 0.3) is 0 Å². The van der Waals surface area contributed by atoms with E-state index in [0.717, 1.165) is 33.3 Å². The van der Waals surface area contributed by atoms with Crippen molar-refractivity contribution >= 4 is 22.1 Å². The van der Waals surface area contributed by atoms with Crippen LogP contribution in [0, 0.1) is 0 Å². The standard InChI is InChI=1S/C13H8N4O/c1-3-8(12-10(5-1)15-17-16-12)9-4-2-6-11-13(9)14-7-18-11/h1-7H,(H,15,16,17). The second-order valence-corrected chi connectivity index (χ2v) is 4.00. The first-order chi connectivity index (χ1) is 8.93. The summed E-state index contributed by atoms with van der Waals surface area (Å²) in [7, 11) is 0. The van der Waals surface area contributed by atoms with E-state index in [4.69, 9.17) is 4.42 Å². The van der Waals surface area contributed by atoms with Crippen LogP contribution < -0.4 is 0 Å². The van der Waals surface area contributed by atoms with E-state index in [1.54, 1.807) is 0 Å². The van der Waals surface area contributed by atoms with Crippen LogP contribution in [-0.4, -0.2) is 20.4 Å². The molecular weight excluding hydrogens is 228 g/mol. The molecule has 0 amide bonds. The van der Waals surface area contributed by atoms with Gasteiger partial charge in [-0.05, 0) is 12.1 Å². The summed E-state index contributed by atoms with van der Waals surface area (Å²) in [4.78, 5) is 4.26. The molecule has 2 aromatic carbocycles. The van der Waals surface area contributed by atoms with Gasteiger partial charge in [0.05, 0.1) is 0 Å². The smallest absolute Gasteiger partial charge is 0.182 e. The fraction of sp³-hybridized carbons (Fsp3) is 0. The molecule has 86 valence electrons. The van der Waals surface area contributed by atoms with Crippen LogP contribution in [0.1, 0.15) is 0 Å². The van der Waals surface area contributed by atoms with Gasteiger partial charge in [0.15, 0.2) is 12.0 Å². The predicted molar refractivity (Wildman–Crippen MR) is 66.9 cm³/mol. The molecule has 0 spiro atoms. The van der Waals surface area contributed by atoms with Gasteiger partial charge in [-0.25, -0.2) is 4.98 Å². The third-order valence-electron chi connectivity index (χ3n) is 3.00. The Morgan fingerprint density at radius 3 is 2.67 bits per heavy atom. The largest absolute Gasteiger partial charge is 0.443 e. The molecule has 0 aliphatic carbocycles. The minimum absolute atomic E-state index is 0.771. The van der Waals surface area contributed by atoms with Crippen molar-refractivity contribution in [2.45, 2.75) is 0 Å². The normalized spacial score (nSPS) is 11.3. The third-order valence-corrected chi connectivity index (χ3v) is 3.00. The lowest BCUT2D eigenvalue weighted by atomic mass is 10.0. The van der Waals surface area contributed by atoms with Crippen LogP contribution in [0.3, 0.4) is 0 Å². The summed E-state index contributed by atoms with van der Waals surface area (Å²) in [5, 5.41) is 10.9. The summed E-state index contributed by atoms with van der Waals surface area (Å²) < 4.78 is 5.32. The van der Waals surface area contributed by atoms with Crippen molar-refractivity contribution in [1.29, 1.82) is 0 Å². The van der Waals surface area contributed by atoms with E-state index in [0.29, 0.717) is 0 Å². The Balaban J connectivity index is 2.13. The number of oxazole rings is 1. The molecule has 5 heteroatoms. The highest BCUT2D eigenvalue weighted by molar-refractivity contribution is 5.99. The number of aromatic nitrogens is 4. The predicted octanol–water partition coefficient (Wildman–Crippen LogP) is 2.77. The van der Waals surface area contributed by atoms with Gasteiger partial charge in [-0.1, -0.05) is 24.3 Å². The lowest BCUT2D eigenvalue weighted by Crippen LogP contribution is -1.82. The SMILES string of the molecule is c1cc(-c2cccc3ocnc23)c2n[nH]nc2c1. The molecule has 0 unspecified atom stereocenters.